The molecule has 1 fully saturated rings. The highest BCUT2D eigenvalue weighted by Gasteiger charge is 2.30. The van der Waals surface area contributed by atoms with Crippen molar-refractivity contribution in [3.05, 3.63) is 60.4 Å². The summed E-state index contributed by atoms with van der Waals surface area (Å²) in [6.07, 6.45) is 4.84. The van der Waals surface area contributed by atoms with Crippen LogP contribution in [0.1, 0.15) is 18.4 Å². The molecule has 0 aliphatic carbocycles. The van der Waals surface area contributed by atoms with Gasteiger partial charge in [-0.15, -0.1) is 0 Å². The Kier molecular flexibility index (Phi) is 5.60. The SMILES string of the molecule is O=S(=O)(c1cccnc1)N1CCC[C@@H](COCc2ccccc2)C1. The van der Waals surface area contributed by atoms with Gasteiger partial charge in [0.25, 0.3) is 0 Å². The predicted octanol–water partition coefficient (Wildman–Crippen LogP) is 2.70. The van der Waals surface area contributed by atoms with Crippen LogP contribution in [-0.4, -0.2) is 37.4 Å². The van der Waals surface area contributed by atoms with E-state index in [1.165, 1.54) is 6.20 Å². The molecule has 1 aromatic carbocycles. The molecule has 128 valence electrons. The van der Waals surface area contributed by atoms with Crippen molar-refractivity contribution >= 4 is 10.0 Å². The van der Waals surface area contributed by atoms with Crippen LogP contribution < -0.4 is 0 Å². The molecule has 1 saturated heterocycles. The van der Waals surface area contributed by atoms with Crippen LogP contribution in [0.5, 0.6) is 0 Å². The van der Waals surface area contributed by atoms with Crippen LogP contribution in [0.4, 0.5) is 0 Å². The van der Waals surface area contributed by atoms with Crippen molar-refractivity contribution in [3.63, 3.8) is 0 Å². The lowest BCUT2D eigenvalue weighted by molar-refractivity contribution is 0.0672. The number of ether oxygens (including phenoxy) is 1. The molecule has 0 unspecified atom stereocenters. The molecule has 0 amide bonds. The summed E-state index contributed by atoms with van der Waals surface area (Å²) in [5.41, 5.74) is 1.13. The lowest BCUT2D eigenvalue weighted by Gasteiger charge is -2.31. The molecule has 0 N–H and O–H groups in total. The summed E-state index contributed by atoms with van der Waals surface area (Å²) in [6.45, 7) is 2.21. The van der Waals surface area contributed by atoms with Crippen LogP contribution in [0.2, 0.25) is 0 Å². The number of aromatic nitrogens is 1. The van der Waals surface area contributed by atoms with Gasteiger partial charge in [0, 0.05) is 25.5 Å². The molecule has 0 radical (unpaired) electrons. The molecule has 6 heteroatoms. The van der Waals surface area contributed by atoms with Gasteiger partial charge in [-0.2, -0.15) is 4.31 Å². The summed E-state index contributed by atoms with van der Waals surface area (Å²) in [5.74, 6) is 0.230. The summed E-state index contributed by atoms with van der Waals surface area (Å²) in [7, 11) is -3.46. The molecule has 1 aromatic heterocycles. The van der Waals surface area contributed by atoms with Gasteiger partial charge in [-0.3, -0.25) is 4.98 Å². The van der Waals surface area contributed by atoms with Crippen LogP contribution in [0.3, 0.4) is 0 Å². The lowest BCUT2D eigenvalue weighted by atomic mass is 10.0. The third kappa shape index (κ3) is 4.20. The van der Waals surface area contributed by atoms with Gasteiger partial charge in [0.15, 0.2) is 0 Å². The van der Waals surface area contributed by atoms with Gasteiger partial charge in [0.1, 0.15) is 4.90 Å². The molecule has 2 aromatic rings. The number of hydrogen-bond donors (Lipinski definition) is 0. The third-order valence-electron chi connectivity index (χ3n) is 4.22. The molecule has 0 bridgehead atoms. The zero-order chi connectivity index (χ0) is 16.8. The van der Waals surface area contributed by atoms with E-state index >= 15 is 0 Å². The highest BCUT2D eigenvalue weighted by Crippen LogP contribution is 2.23. The Bertz CT molecular complexity index is 735. The molecule has 1 atom stereocenters. The number of sulfonamides is 1. The molecule has 0 saturated carbocycles. The zero-order valence-electron chi connectivity index (χ0n) is 13.5. The highest BCUT2D eigenvalue weighted by molar-refractivity contribution is 7.89. The molecule has 1 aliphatic rings. The second-order valence-corrected chi connectivity index (χ2v) is 8.00. The van der Waals surface area contributed by atoms with E-state index in [4.69, 9.17) is 4.74 Å². The molecule has 3 rings (SSSR count). The molecule has 0 spiro atoms. The molecule has 5 nitrogen and oxygen atoms in total. The number of piperidine rings is 1. The smallest absolute Gasteiger partial charge is 0.244 e. The van der Waals surface area contributed by atoms with Gasteiger partial charge >= 0.3 is 0 Å². The van der Waals surface area contributed by atoms with Crippen LogP contribution in [0.15, 0.2) is 59.8 Å². The van der Waals surface area contributed by atoms with E-state index in [9.17, 15) is 8.42 Å². The summed E-state index contributed by atoms with van der Waals surface area (Å²) in [4.78, 5) is 4.18. The van der Waals surface area contributed by atoms with Crippen molar-refractivity contribution in [3.8, 4) is 0 Å². The van der Waals surface area contributed by atoms with Gasteiger partial charge in [-0.1, -0.05) is 30.3 Å². The van der Waals surface area contributed by atoms with Gasteiger partial charge in [0.05, 0.1) is 13.2 Å². The fraction of sp³-hybridized carbons (Fsp3) is 0.389. The van der Waals surface area contributed by atoms with Gasteiger partial charge < -0.3 is 4.74 Å². The van der Waals surface area contributed by atoms with Crippen molar-refractivity contribution in [1.29, 1.82) is 0 Å². The average molecular weight is 346 g/mol. The monoisotopic (exact) mass is 346 g/mol. The quantitative estimate of drug-likeness (QED) is 0.807. The fourth-order valence-corrected chi connectivity index (χ4v) is 4.47. The van der Waals surface area contributed by atoms with Crippen LogP contribution in [0.25, 0.3) is 0 Å². The predicted molar refractivity (Wildman–Crippen MR) is 91.8 cm³/mol. The third-order valence-corrected chi connectivity index (χ3v) is 6.07. The number of pyridine rings is 1. The standard InChI is InChI=1S/C18H22N2O3S/c21-24(22,18-9-4-10-19-12-18)20-11-5-8-17(13-20)15-23-14-16-6-2-1-3-7-16/h1-4,6-7,9-10,12,17H,5,8,11,13-15H2/t17-/m1/s1. The van der Waals surface area contributed by atoms with Crippen molar-refractivity contribution in [2.75, 3.05) is 19.7 Å². The summed E-state index contributed by atoms with van der Waals surface area (Å²) in [5, 5.41) is 0. The van der Waals surface area contributed by atoms with Gasteiger partial charge in [-0.05, 0) is 36.5 Å². The first kappa shape index (κ1) is 17.1. The van der Waals surface area contributed by atoms with E-state index in [-0.39, 0.29) is 10.8 Å². The van der Waals surface area contributed by atoms with Crippen LogP contribution in [-0.2, 0) is 21.4 Å². The van der Waals surface area contributed by atoms with Crippen molar-refractivity contribution in [2.24, 2.45) is 5.92 Å². The lowest BCUT2D eigenvalue weighted by Crippen LogP contribution is -2.41. The maximum Gasteiger partial charge on any atom is 0.244 e. The normalized spacial score (nSPS) is 19.2. The second-order valence-electron chi connectivity index (χ2n) is 6.06. The van der Waals surface area contributed by atoms with Gasteiger partial charge in [-0.25, -0.2) is 8.42 Å². The van der Waals surface area contributed by atoms with Gasteiger partial charge in [0.2, 0.25) is 10.0 Å². The van der Waals surface area contributed by atoms with E-state index in [0.29, 0.717) is 26.3 Å². The van der Waals surface area contributed by atoms with E-state index in [2.05, 4.69) is 4.98 Å². The maximum atomic E-state index is 12.7. The Hall–Kier alpha value is -1.76. The number of benzene rings is 1. The number of rotatable bonds is 6. The van der Waals surface area contributed by atoms with Crippen LogP contribution >= 0.6 is 0 Å². The van der Waals surface area contributed by atoms with Crippen molar-refractivity contribution < 1.29 is 13.2 Å². The molecular weight excluding hydrogens is 324 g/mol. The maximum absolute atomic E-state index is 12.7. The van der Waals surface area contributed by atoms with Crippen molar-refractivity contribution in [2.45, 2.75) is 24.3 Å². The Morgan fingerprint density at radius 2 is 2.00 bits per heavy atom. The molecule has 2 heterocycles. The molecule has 1 aliphatic heterocycles. The molecular formula is C18H22N2O3S. The average Bonchev–Trinajstić information content (AvgIpc) is 2.64. The Morgan fingerprint density at radius 1 is 1.17 bits per heavy atom. The van der Waals surface area contributed by atoms with E-state index in [1.807, 2.05) is 30.3 Å². The minimum Gasteiger partial charge on any atom is -0.376 e. The first-order chi connectivity index (χ1) is 11.7. The fourth-order valence-electron chi connectivity index (χ4n) is 2.95. The Balaban J connectivity index is 1.56. The number of hydrogen-bond acceptors (Lipinski definition) is 4. The molecule has 24 heavy (non-hydrogen) atoms. The first-order valence-electron chi connectivity index (χ1n) is 8.18. The topological polar surface area (TPSA) is 59.5 Å². The Morgan fingerprint density at radius 3 is 2.75 bits per heavy atom. The second kappa shape index (κ2) is 7.88. The zero-order valence-corrected chi connectivity index (χ0v) is 14.4. The van der Waals surface area contributed by atoms with E-state index in [0.717, 1.165) is 18.4 Å². The largest absolute Gasteiger partial charge is 0.376 e. The van der Waals surface area contributed by atoms with E-state index in [1.54, 1.807) is 22.6 Å². The Labute approximate surface area is 143 Å². The summed E-state index contributed by atoms with van der Waals surface area (Å²) >= 11 is 0. The highest BCUT2D eigenvalue weighted by atomic mass is 32.2. The summed E-state index contributed by atoms with van der Waals surface area (Å²) in [6, 6.07) is 13.3. The van der Waals surface area contributed by atoms with Crippen LogP contribution in [0, 0.1) is 5.92 Å². The van der Waals surface area contributed by atoms with Crippen molar-refractivity contribution in [1.82, 2.24) is 9.29 Å². The minimum absolute atomic E-state index is 0.230. The first-order valence-corrected chi connectivity index (χ1v) is 9.62. The van der Waals surface area contributed by atoms with E-state index < -0.39 is 10.0 Å². The summed E-state index contributed by atoms with van der Waals surface area (Å²) < 4.78 is 32.7. The number of nitrogens with zero attached hydrogens (tertiary/aromatic N) is 2. The minimum atomic E-state index is -3.46.